The molecule has 42 heavy (non-hydrogen) atoms. The van der Waals surface area contributed by atoms with Crippen molar-refractivity contribution in [3.05, 3.63) is 64.1 Å². The molecule has 5 rings (SSSR count). The number of esters is 1. The lowest BCUT2D eigenvalue weighted by molar-refractivity contribution is -0.198. The lowest BCUT2D eigenvalue weighted by Gasteiger charge is -2.39. The third-order valence-corrected chi connectivity index (χ3v) is 8.26. The van der Waals surface area contributed by atoms with Crippen molar-refractivity contribution in [2.24, 2.45) is 5.41 Å². The minimum atomic E-state index is -4.79. The molecule has 0 radical (unpaired) electrons. The van der Waals surface area contributed by atoms with E-state index in [0.717, 1.165) is 12.8 Å². The van der Waals surface area contributed by atoms with Gasteiger partial charge in [0.25, 0.3) is 0 Å². The number of piperidine rings is 1. The maximum atomic E-state index is 14.5. The Morgan fingerprint density at radius 2 is 1.81 bits per heavy atom. The molecule has 224 valence electrons. The Morgan fingerprint density at radius 1 is 1.12 bits per heavy atom. The van der Waals surface area contributed by atoms with Crippen molar-refractivity contribution < 1.29 is 27.4 Å². The van der Waals surface area contributed by atoms with Crippen molar-refractivity contribution >= 4 is 40.9 Å². The topological polar surface area (TPSA) is 103 Å². The quantitative estimate of drug-likeness (QED) is 0.299. The van der Waals surface area contributed by atoms with Gasteiger partial charge in [0.2, 0.25) is 17.9 Å². The van der Waals surface area contributed by atoms with E-state index < -0.39 is 12.3 Å². The number of carbonyl (C=O) groups excluding carboxylic acids is 1. The molecule has 3 heterocycles. The summed E-state index contributed by atoms with van der Waals surface area (Å²) in [7, 11) is 0. The normalized spacial score (nSPS) is 19.1. The van der Waals surface area contributed by atoms with Crippen molar-refractivity contribution in [2.45, 2.75) is 44.5 Å². The number of nitrogens with zero attached hydrogens (tertiary/aromatic N) is 3. The largest absolute Gasteiger partial charge is 0.465 e. The smallest absolute Gasteiger partial charge is 0.429 e. The van der Waals surface area contributed by atoms with Crippen LogP contribution in [0, 0.1) is 5.41 Å². The van der Waals surface area contributed by atoms with Gasteiger partial charge in [0, 0.05) is 41.3 Å². The maximum Gasteiger partial charge on any atom is 0.429 e. The van der Waals surface area contributed by atoms with Crippen LogP contribution < -0.4 is 20.7 Å². The molecule has 8 nitrogen and oxygen atoms in total. The van der Waals surface area contributed by atoms with Gasteiger partial charge in [-0.15, -0.1) is 0 Å². The first-order chi connectivity index (χ1) is 20.0. The monoisotopic (exact) mass is 623 g/mol. The lowest BCUT2D eigenvalue weighted by atomic mass is 9.76. The second-order valence-electron chi connectivity index (χ2n) is 10.6. The zero-order valence-corrected chi connectivity index (χ0v) is 24.3. The van der Waals surface area contributed by atoms with E-state index in [1.807, 2.05) is 4.90 Å². The molecule has 0 bridgehead atoms. The number of nitrogens with two attached hydrogens (primary N) is 1. The van der Waals surface area contributed by atoms with Gasteiger partial charge in [-0.1, -0.05) is 41.4 Å². The first kappa shape index (κ1) is 30.2. The van der Waals surface area contributed by atoms with Crippen molar-refractivity contribution in [1.82, 2.24) is 15.3 Å². The van der Waals surface area contributed by atoms with E-state index in [4.69, 9.17) is 38.4 Å². The number of aromatic nitrogens is 2. The highest BCUT2D eigenvalue weighted by Crippen LogP contribution is 2.43. The number of anilines is 2. The van der Waals surface area contributed by atoms with Crippen LogP contribution in [0.2, 0.25) is 10.0 Å². The van der Waals surface area contributed by atoms with Gasteiger partial charge in [-0.2, -0.15) is 23.1 Å². The zero-order chi connectivity index (χ0) is 30.1. The number of halogens is 5. The second-order valence-corrected chi connectivity index (χ2v) is 11.5. The van der Waals surface area contributed by atoms with Gasteiger partial charge in [0.15, 0.2) is 0 Å². The molecule has 0 amide bonds. The molecule has 3 aromatic rings. The molecule has 2 fully saturated rings. The number of rotatable bonds is 7. The highest BCUT2D eigenvalue weighted by atomic mass is 35.5. The van der Waals surface area contributed by atoms with E-state index in [-0.39, 0.29) is 45.4 Å². The van der Waals surface area contributed by atoms with Gasteiger partial charge >= 0.3 is 12.1 Å². The van der Waals surface area contributed by atoms with Crippen molar-refractivity contribution in [2.75, 3.05) is 36.9 Å². The summed E-state index contributed by atoms with van der Waals surface area (Å²) in [4.78, 5) is 22.4. The summed E-state index contributed by atoms with van der Waals surface area (Å²) in [5.41, 5.74) is 6.47. The molecule has 2 aliphatic rings. The molecular weight excluding hydrogens is 594 g/mol. The summed E-state index contributed by atoms with van der Waals surface area (Å²) in [6, 6.07) is 11.6. The fourth-order valence-electron chi connectivity index (χ4n) is 5.63. The minimum Gasteiger partial charge on any atom is -0.465 e. The van der Waals surface area contributed by atoms with Crippen LogP contribution in [0.25, 0.3) is 11.1 Å². The molecule has 2 aromatic carbocycles. The molecule has 0 saturated carbocycles. The number of hydrogen-bond acceptors (Lipinski definition) is 8. The van der Waals surface area contributed by atoms with Gasteiger partial charge in [-0.25, -0.2) is 0 Å². The second kappa shape index (κ2) is 12.1. The Bertz CT molecular complexity index is 1430. The highest BCUT2D eigenvalue weighted by Gasteiger charge is 2.46. The summed E-state index contributed by atoms with van der Waals surface area (Å²) in [6.45, 7) is 3.95. The van der Waals surface area contributed by atoms with Gasteiger partial charge in [-0.3, -0.25) is 4.79 Å². The highest BCUT2D eigenvalue weighted by molar-refractivity contribution is 6.31. The average Bonchev–Trinajstić information content (AvgIpc) is 3.35. The number of alkyl halides is 3. The van der Waals surface area contributed by atoms with Gasteiger partial charge in [-0.05, 0) is 67.0 Å². The van der Waals surface area contributed by atoms with Gasteiger partial charge in [0.1, 0.15) is 11.9 Å². The maximum absolute atomic E-state index is 14.5. The van der Waals surface area contributed by atoms with E-state index in [0.29, 0.717) is 49.1 Å². The number of hydrogen-bond donors (Lipinski definition) is 2. The third-order valence-electron chi connectivity index (χ3n) is 7.78. The van der Waals surface area contributed by atoms with E-state index in [2.05, 4.69) is 15.3 Å². The Balaban J connectivity index is 1.37. The standard InChI is InChI=1S/C29H30Cl2F3N5O3/c1-2-41-26(40)22-15-28(16-36-22)9-11-39(12-10-28)23-14-24(38-27(35)37-23)42-25(29(32,33)34)20-8-7-19(31)13-21(20)17-3-5-18(30)6-4-17/h3-8,13-14,22,25,36H,2,9-12,15-16H2,1H3,(H2,35,37,38)/t22-,25+/m0/s1. The molecule has 2 aliphatic heterocycles. The van der Waals surface area contributed by atoms with Crippen molar-refractivity contribution in [3.63, 3.8) is 0 Å². The summed E-state index contributed by atoms with van der Waals surface area (Å²) in [5.74, 6) is -0.388. The van der Waals surface area contributed by atoms with E-state index in [1.54, 1.807) is 31.2 Å². The number of benzene rings is 2. The molecule has 1 spiro atoms. The number of ether oxygens (including phenoxy) is 2. The zero-order valence-electron chi connectivity index (χ0n) is 22.8. The van der Waals surface area contributed by atoms with Crippen LogP contribution >= 0.6 is 23.2 Å². The van der Waals surface area contributed by atoms with Crippen molar-refractivity contribution in [1.29, 1.82) is 0 Å². The first-order valence-electron chi connectivity index (χ1n) is 13.5. The van der Waals surface area contributed by atoms with Crippen LogP contribution in [-0.2, 0) is 9.53 Å². The molecular formula is C29H30Cl2F3N5O3. The average molecular weight is 624 g/mol. The Hall–Kier alpha value is -3.28. The predicted octanol–water partition coefficient (Wildman–Crippen LogP) is 6.23. The number of nitrogen functional groups attached to an aromatic ring is 1. The summed E-state index contributed by atoms with van der Waals surface area (Å²) in [5, 5.41) is 3.98. The lowest BCUT2D eigenvalue weighted by Crippen LogP contribution is -2.41. The Labute approximate surface area is 251 Å². The Morgan fingerprint density at radius 3 is 2.48 bits per heavy atom. The van der Waals surface area contributed by atoms with Crippen LogP contribution in [0.5, 0.6) is 5.88 Å². The molecule has 0 aliphatic carbocycles. The number of carbonyl (C=O) groups is 1. The predicted molar refractivity (Wildman–Crippen MR) is 155 cm³/mol. The molecule has 0 unspecified atom stereocenters. The van der Waals surface area contributed by atoms with E-state index in [9.17, 15) is 18.0 Å². The van der Waals surface area contributed by atoms with Crippen LogP contribution in [0.4, 0.5) is 24.9 Å². The molecule has 3 N–H and O–H groups in total. The van der Waals surface area contributed by atoms with Crippen LogP contribution in [0.15, 0.2) is 48.5 Å². The van der Waals surface area contributed by atoms with Crippen LogP contribution in [0.3, 0.4) is 0 Å². The van der Waals surface area contributed by atoms with Crippen molar-refractivity contribution in [3.8, 4) is 17.0 Å². The SMILES string of the molecule is CCOC(=O)[C@@H]1CC2(CCN(c3cc(O[C@H](c4ccc(Cl)cc4-c4ccc(Cl)cc4)C(F)(F)F)nc(N)n3)CC2)CN1. The molecule has 1 aromatic heterocycles. The van der Waals surface area contributed by atoms with Crippen LogP contribution in [0.1, 0.15) is 37.9 Å². The fraction of sp³-hybridized carbons (Fsp3) is 0.414. The molecule has 2 atom stereocenters. The summed E-state index contributed by atoms with van der Waals surface area (Å²) in [6.07, 6.45) is -4.97. The Kier molecular flexibility index (Phi) is 8.73. The first-order valence-corrected chi connectivity index (χ1v) is 14.3. The van der Waals surface area contributed by atoms with E-state index >= 15 is 0 Å². The fourth-order valence-corrected chi connectivity index (χ4v) is 5.93. The van der Waals surface area contributed by atoms with Gasteiger partial charge < -0.3 is 25.4 Å². The summed E-state index contributed by atoms with van der Waals surface area (Å²) < 4.78 is 54.2. The van der Waals surface area contributed by atoms with Gasteiger partial charge in [0.05, 0.1) is 6.61 Å². The summed E-state index contributed by atoms with van der Waals surface area (Å²) >= 11 is 12.2. The third kappa shape index (κ3) is 6.68. The molecule has 2 saturated heterocycles. The van der Waals surface area contributed by atoms with E-state index in [1.165, 1.54) is 24.3 Å². The minimum absolute atomic E-state index is 0.0696. The molecule has 13 heteroatoms. The number of nitrogens with one attached hydrogen (secondary N) is 1. The van der Waals surface area contributed by atoms with Crippen LogP contribution in [-0.4, -0.2) is 54.4 Å².